The summed E-state index contributed by atoms with van der Waals surface area (Å²) in [6.45, 7) is 3.29. The first kappa shape index (κ1) is 22.4. The molecule has 7 nitrogen and oxygen atoms in total. The molecule has 0 bridgehead atoms. The van der Waals surface area contributed by atoms with Crippen LogP contribution >= 0.6 is 0 Å². The fourth-order valence-electron chi connectivity index (χ4n) is 4.76. The van der Waals surface area contributed by atoms with Gasteiger partial charge in [-0.2, -0.15) is 0 Å². The molecule has 168 valence electrons. The van der Waals surface area contributed by atoms with E-state index in [0.29, 0.717) is 5.56 Å². The van der Waals surface area contributed by atoms with E-state index in [1.54, 1.807) is 0 Å². The molecular formula is C24H31NO6. The largest absolute Gasteiger partial charge is 0.394 e. The summed E-state index contributed by atoms with van der Waals surface area (Å²) in [6.07, 6.45) is -6.90. The standard InChI is InChI=1S/C24H31NO6/c1-13-10-14(17-5-3-4-15-11-25(2)9-8-18(15)17)6-7-16(13)20(27)24-23(30)22(29)21(28)19(12-26)31-24/h3-7,10,19-24,26-30H,8-9,11-12H2,1-2H3/t19?,20-,21-,22+,23?,24-/m1/s1. The van der Waals surface area contributed by atoms with Crippen LogP contribution in [0.25, 0.3) is 11.1 Å². The van der Waals surface area contributed by atoms with Crippen molar-refractivity contribution >= 4 is 0 Å². The van der Waals surface area contributed by atoms with Crippen molar-refractivity contribution in [1.29, 1.82) is 0 Å². The average molecular weight is 430 g/mol. The van der Waals surface area contributed by atoms with E-state index in [0.717, 1.165) is 30.6 Å². The number of ether oxygens (including phenoxy) is 1. The molecule has 0 aliphatic carbocycles. The maximum absolute atomic E-state index is 10.9. The van der Waals surface area contributed by atoms with Gasteiger partial charge in [0.2, 0.25) is 0 Å². The van der Waals surface area contributed by atoms with E-state index < -0.39 is 43.2 Å². The van der Waals surface area contributed by atoms with Crippen LogP contribution in [0.3, 0.4) is 0 Å². The molecule has 5 N–H and O–H groups in total. The smallest absolute Gasteiger partial charge is 0.117 e. The van der Waals surface area contributed by atoms with Crippen molar-refractivity contribution in [2.24, 2.45) is 0 Å². The van der Waals surface area contributed by atoms with Crippen LogP contribution in [0.5, 0.6) is 0 Å². The maximum atomic E-state index is 10.9. The number of fused-ring (bicyclic) bond motifs is 1. The van der Waals surface area contributed by atoms with Crippen LogP contribution in [0.15, 0.2) is 36.4 Å². The molecule has 0 spiro atoms. The molecule has 31 heavy (non-hydrogen) atoms. The van der Waals surface area contributed by atoms with Crippen LogP contribution in [-0.4, -0.2) is 81.2 Å². The van der Waals surface area contributed by atoms with E-state index in [-0.39, 0.29) is 0 Å². The number of aryl methyl sites for hydroxylation is 1. The number of hydrogen-bond acceptors (Lipinski definition) is 7. The molecule has 1 fully saturated rings. The number of rotatable bonds is 4. The summed E-state index contributed by atoms with van der Waals surface area (Å²) in [5, 5.41) is 50.7. The molecule has 2 aromatic rings. The van der Waals surface area contributed by atoms with Gasteiger partial charge in [0, 0.05) is 13.1 Å². The molecule has 4 rings (SSSR count). The Labute approximate surface area is 182 Å². The number of aliphatic hydroxyl groups excluding tert-OH is 5. The molecule has 2 aliphatic rings. The summed E-state index contributed by atoms with van der Waals surface area (Å²) in [6, 6.07) is 12.1. The summed E-state index contributed by atoms with van der Waals surface area (Å²) in [5.74, 6) is 0. The molecule has 0 aromatic heterocycles. The van der Waals surface area contributed by atoms with Crippen LogP contribution in [-0.2, 0) is 17.7 Å². The van der Waals surface area contributed by atoms with E-state index in [1.165, 1.54) is 16.7 Å². The Hall–Kier alpha value is -1.84. The second kappa shape index (κ2) is 8.96. The highest BCUT2D eigenvalue weighted by molar-refractivity contribution is 5.70. The fraction of sp³-hybridized carbons (Fsp3) is 0.500. The van der Waals surface area contributed by atoms with Gasteiger partial charge in [0.05, 0.1) is 6.61 Å². The molecule has 0 saturated carbocycles. The second-order valence-corrected chi connectivity index (χ2v) is 8.74. The third-order valence-electron chi connectivity index (χ3n) is 6.60. The van der Waals surface area contributed by atoms with Gasteiger partial charge in [0.1, 0.15) is 36.6 Å². The maximum Gasteiger partial charge on any atom is 0.117 e. The minimum atomic E-state index is -1.51. The molecule has 0 amide bonds. The molecule has 2 aromatic carbocycles. The lowest BCUT2D eigenvalue weighted by Crippen LogP contribution is -2.59. The molecule has 2 heterocycles. The van der Waals surface area contributed by atoms with Crippen molar-refractivity contribution in [2.75, 3.05) is 20.2 Å². The first-order chi connectivity index (χ1) is 14.8. The lowest BCUT2D eigenvalue weighted by atomic mass is 9.86. The van der Waals surface area contributed by atoms with E-state index >= 15 is 0 Å². The molecule has 0 radical (unpaired) electrons. The summed E-state index contributed by atoms with van der Waals surface area (Å²) in [4.78, 5) is 2.30. The average Bonchev–Trinajstić information content (AvgIpc) is 2.76. The Morgan fingerprint density at radius 1 is 1.10 bits per heavy atom. The molecule has 2 unspecified atom stereocenters. The summed E-state index contributed by atoms with van der Waals surface area (Å²) in [5.41, 5.74) is 6.31. The number of likely N-dealkylation sites (N-methyl/N-ethyl adjacent to an activating group) is 1. The van der Waals surface area contributed by atoms with Crippen molar-refractivity contribution in [3.8, 4) is 11.1 Å². The van der Waals surface area contributed by atoms with Crippen molar-refractivity contribution < 1.29 is 30.3 Å². The Morgan fingerprint density at radius 3 is 2.58 bits per heavy atom. The Morgan fingerprint density at radius 2 is 1.87 bits per heavy atom. The molecule has 6 atom stereocenters. The number of hydrogen-bond donors (Lipinski definition) is 5. The van der Waals surface area contributed by atoms with Crippen molar-refractivity contribution in [2.45, 2.75) is 56.5 Å². The second-order valence-electron chi connectivity index (χ2n) is 8.74. The first-order valence-electron chi connectivity index (χ1n) is 10.7. The Balaban J connectivity index is 1.62. The van der Waals surface area contributed by atoms with Crippen molar-refractivity contribution in [3.05, 3.63) is 58.7 Å². The monoisotopic (exact) mass is 429 g/mol. The third-order valence-corrected chi connectivity index (χ3v) is 6.60. The minimum Gasteiger partial charge on any atom is -0.394 e. The molecule has 7 heteroatoms. The highest BCUT2D eigenvalue weighted by Crippen LogP contribution is 2.35. The molecular weight excluding hydrogens is 398 g/mol. The highest BCUT2D eigenvalue weighted by atomic mass is 16.6. The van der Waals surface area contributed by atoms with Gasteiger partial charge in [-0.15, -0.1) is 0 Å². The molecule has 2 aliphatic heterocycles. The van der Waals surface area contributed by atoms with Gasteiger partial charge in [-0.3, -0.25) is 0 Å². The van der Waals surface area contributed by atoms with Crippen molar-refractivity contribution in [1.82, 2.24) is 4.90 Å². The van der Waals surface area contributed by atoms with Crippen LogP contribution in [0.2, 0.25) is 0 Å². The topological polar surface area (TPSA) is 114 Å². The lowest BCUT2D eigenvalue weighted by Gasteiger charge is -2.42. The zero-order valence-electron chi connectivity index (χ0n) is 17.8. The Kier molecular flexibility index (Phi) is 6.46. The van der Waals surface area contributed by atoms with E-state index in [1.807, 2.05) is 25.1 Å². The van der Waals surface area contributed by atoms with Gasteiger partial charge in [-0.05, 0) is 53.8 Å². The first-order valence-corrected chi connectivity index (χ1v) is 10.7. The van der Waals surface area contributed by atoms with E-state index in [4.69, 9.17) is 4.74 Å². The van der Waals surface area contributed by atoms with Crippen LogP contribution in [0.1, 0.15) is 28.4 Å². The highest BCUT2D eigenvalue weighted by Gasteiger charge is 2.46. The summed E-state index contributed by atoms with van der Waals surface area (Å²) >= 11 is 0. The zero-order chi connectivity index (χ0) is 22.3. The van der Waals surface area contributed by atoms with E-state index in [2.05, 4.69) is 30.1 Å². The minimum absolute atomic E-state index is 0.527. The van der Waals surface area contributed by atoms with Crippen LogP contribution in [0, 0.1) is 6.92 Å². The summed E-state index contributed by atoms with van der Waals surface area (Å²) < 4.78 is 5.54. The van der Waals surface area contributed by atoms with Gasteiger partial charge >= 0.3 is 0 Å². The van der Waals surface area contributed by atoms with Gasteiger partial charge in [0.25, 0.3) is 0 Å². The van der Waals surface area contributed by atoms with Gasteiger partial charge in [-0.25, -0.2) is 0 Å². The van der Waals surface area contributed by atoms with Gasteiger partial charge in [-0.1, -0.05) is 36.4 Å². The summed E-state index contributed by atoms with van der Waals surface area (Å²) in [7, 11) is 2.12. The van der Waals surface area contributed by atoms with Crippen molar-refractivity contribution in [3.63, 3.8) is 0 Å². The lowest BCUT2D eigenvalue weighted by molar-refractivity contribution is -0.250. The molecule has 1 saturated heterocycles. The number of benzene rings is 2. The number of nitrogens with zero attached hydrogens (tertiary/aromatic N) is 1. The third kappa shape index (κ3) is 4.15. The van der Waals surface area contributed by atoms with Crippen LogP contribution < -0.4 is 0 Å². The van der Waals surface area contributed by atoms with Gasteiger partial charge < -0.3 is 35.2 Å². The Bertz CT molecular complexity index is 932. The van der Waals surface area contributed by atoms with E-state index in [9.17, 15) is 25.5 Å². The number of aliphatic hydroxyl groups is 5. The van der Waals surface area contributed by atoms with Gasteiger partial charge in [0.15, 0.2) is 0 Å². The fourth-order valence-corrected chi connectivity index (χ4v) is 4.76. The SMILES string of the molecule is Cc1cc(-c2cccc3c2CCN(C)C3)ccc1[C@@H](O)[C@H]1OC(CO)[C@@H](O)[C@H](O)C1O. The van der Waals surface area contributed by atoms with Crippen LogP contribution in [0.4, 0.5) is 0 Å². The quantitative estimate of drug-likeness (QED) is 0.482. The predicted octanol–water partition coefficient (Wildman–Crippen LogP) is 0.526. The predicted molar refractivity (Wildman–Crippen MR) is 115 cm³/mol. The normalized spacial score (nSPS) is 30.1. The zero-order valence-corrected chi connectivity index (χ0v) is 17.8.